The zero-order valence-corrected chi connectivity index (χ0v) is 12.8. The van der Waals surface area contributed by atoms with Gasteiger partial charge in [0.2, 0.25) is 0 Å². The number of Topliss-reactive ketones (excluding diaryl/α,β-unsaturated/α-hetero) is 1. The molecule has 1 aliphatic heterocycles. The van der Waals surface area contributed by atoms with Crippen LogP contribution in [0.15, 0.2) is 22.7 Å². The van der Waals surface area contributed by atoms with Crippen molar-refractivity contribution >= 4 is 21.7 Å². The van der Waals surface area contributed by atoms with Crippen molar-refractivity contribution in [3.63, 3.8) is 0 Å². The van der Waals surface area contributed by atoms with Crippen LogP contribution in [0.3, 0.4) is 0 Å². The van der Waals surface area contributed by atoms with E-state index in [4.69, 9.17) is 9.47 Å². The molecule has 3 nitrogen and oxygen atoms in total. The van der Waals surface area contributed by atoms with E-state index in [9.17, 15) is 4.79 Å². The number of ketones is 1. The average molecular weight is 337 g/mol. The highest BCUT2D eigenvalue weighted by molar-refractivity contribution is 9.10. The molecule has 1 heterocycles. The second-order valence-electron chi connectivity index (χ2n) is 6.09. The summed E-state index contributed by atoms with van der Waals surface area (Å²) in [6, 6.07) is 6.07. The first kappa shape index (κ1) is 13.0. The first-order valence-electron chi connectivity index (χ1n) is 7.27. The third-order valence-electron chi connectivity index (χ3n) is 4.95. The van der Waals surface area contributed by atoms with Crippen molar-refractivity contribution in [3.05, 3.63) is 33.8 Å². The van der Waals surface area contributed by atoms with Crippen LogP contribution >= 0.6 is 15.9 Å². The summed E-state index contributed by atoms with van der Waals surface area (Å²) in [6.45, 7) is 1.38. The summed E-state index contributed by atoms with van der Waals surface area (Å²) in [5, 5.41) is 0. The molecule has 1 aromatic rings. The second kappa shape index (κ2) is 4.65. The van der Waals surface area contributed by atoms with Crippen LogP contribution in [-0.2, 0) is 15.9 Å². The van der Waals surface area contributed by atoms with Crippen LogP contribution in [0.4, 0.5) is 0 Å². The number of halogens is 1. The van der Waals surface area contributed by atoms with Gasteiger partial charge in [0.15, 0.2) is 11.6 Å². The highest BCUT2D eigenvalue weighted by Crippen LogP contribution is 2.46. The molecule has 0 N–H and O–H groups in total. The Bertz CT molecular complexity index is 563. The molecule has 2 fully saturated rings. The highest BCUT2D eigenvalue weighted by Gasteiger charge is 2.48. The number of rotatable bonds is 0. The Labute approximate surface area is 126 Å². The van der Waals surface area contributed by atoms with Gasteiger partial charge >= 0.3 is 0 Å². The van der Waals surface area contributed by atoms with Gasteiger partial charge in [-0.25, -0.2) is 0 Å². The first-order valence-corrected chi connectivity index (χ1v) is 8.07. The third kappa shape index (κ3) is 1.97. The number of fused-ring (bicyclic) bond motifs is 2. The van der Waals surface area contributed by atoms with Crippen molar-refractivity contribution in [3.8, 4) is 0 Å². The zero-order chi connectivity index (χ0) is 13.7. The maximum absolute atomic E-state index is 12.7. The number of carbonyl (C=O) groups is 1. The molecule has 1 saturated carbocycles. The normalized spacial score (nSPS) is 31.1. The van der Waals surface area contributed by atoms with Gasteiger partial charge in [-0.2, -0.15) is 0 Å². The standard InChI is InChI=1S/C16H17BrO3/c17-12-2-1-10-7-11-9-16(19-5-6-20-16)4-3-13(11)15(18)14(10)8-12/h1-2,8,11,13H,3-7,9H2/t11-,13-/m1/s1. The molecule has 1 spiro atoms. The molecule has 0 amide bonds. The molecule has 0 unspecified atom stereocenters. The number of ether oxygens (including phenoxy) is 2. The molecule has 0 bridgehead atoms. The fourth-order valence-corrected chi connectivity index (χ4v) is 4.37. The van der Waals surface area contributed by atoms with Crippen molar-refractivity contribution in [1.29, 1.82) is 0 Å². The van der Waals surface area contributed by atoms with E-state index in [1.165, 1.54) is 5.56 Å². The van der Waals surface area contributed by atoms with E-state index < -0.39 is 5.79 Å². The van der Waals surface area contributed by atoms with E-state index in [2.05, 4.69) is 22.0 Å². The minimum Gasteiger partial charge on any atom is -0.348 e. The van der Waals surface area contributed by atoms with Crippen molar-refractivity contribution in [2.24, 2.45) is 11.8 Å². The van der Waals surface area contributed by atoms with Gasteiger partial charge in [-0.15, -0.1) is 0 Å². The van der Waals surface area contributed by atoms with E-state index in [1.54, 1.807) is 0 Å². The van der Waals surface area contributed by atoms with Gasteiger partial charge < -0.3 is 9.47 Å². The molecule has 0 aromatic heterocycles. The first-order chi connectivity index (χ1) is 9.67. The van der Waals surface area contributed by atoms with Crippen molar-refractivity contribution in [1.82, 2.24) is 0 Å². The largest absolute Gasteiger partial charge is 0.348 e. The minimum atomic E-state index is -0.395. The molecule has 3 aliphatic rings. The molecular weight excluding hydrogens is 320 g/mol. The van der Waals surface area contributed by atoms with E-state index in [0.717, 1.165) is 35.7 Å². The summed E-state index contributed by atoms with van der Waals surface area (Å²) in [4.78, 5) is 12.7. The van der Waals surface area contributed by atoms with Gasteiger partial charge in [0.1, 0.15) is 0 Å². The van der Waals surface area contributed by atoms with Crippen molar-refractivity contribution in [2.45, 2.75) is 31.5 Å². The molecule has 1 aromatic carbocycles. The van der Waals surface area contributed by atoms with Crippen LogP contribution in [0.5, 0.6) is 0 Å². The van der Waals surface area contributed by atoms with Gasteiger partial charge in [0.05, 0.1) is 13.2 Å². The number of benzene rings is 1. The van der Waals surface area contributed by atoms with Gasteiger partial charge in [-0.05, 0) is 36.5 Å². The monoisotopic (exact) mass is 336 g/mol. The number of carbonyl (C=O) groups excluding carboxylic acids is 1. The lowest BCUT2D eigenvalue weighted by Gasteiger charge is -2.43. The maximum atomic E-state index is 12.7. The lowest BCUT2D eigenvalue weighted by atomic mass is 9.66. The van der Waals surface area contributed by atoms with Crippen LogP contribution in [-0.4, -0.2) is 24.8 Å². The van der Waals surface area contributed by atoms with E-state index in [1.807, 2.05) is 12.1 Å². The summed E-state index contributed by atoms with van der Waals surface area (Å²) in [5.41, 5.74) is 2.08. The summed E-state index contributed by atoms with van der Waals surface area (Å²) < 4.78 is 12.6. The molecule has 4 rings (SSSR count). The molecule has 4 heteroatoms. The third-order valence-corrected chi connectivity index (χ3v) is 5.44. The fourth-order valence-electron chi connectivity index (χ4n) is 4.01. The Morgan fingerprint density at radius 1 is 1.25 bits per heavy atom. The summed E-state index contributed by atoms with van der Waals surface area (Å²) in [5.74, 6) is 0.428. The van der Waals surface area contributed by atoms with E-state index in [-0.39, 0.29) is 5.92 Å². The van der Waals surface area contributed by atoms with Crippen LogP contribution in [0.25, 0.3) is 0 Å². The Hall–Kier alpha value is -0.710. The van der Waals surface area contributed by atoms with Crippen LogP contribution in [0, 0.1) is 11.8 Å². The number of hydrogen-bond donors (Lipinski definition) is 0. The molecule has 1 saturated heterocycles. The lowest BCUT2D eigenvalue weighted by molar-refractivity contribution is -0.192. The lowest BCUT2D eigenvalue weighted by Crippen LogP contribution is -2.45. The zero-order valence-electron chi connectivity index (χ0n) is 11.2. The quantitative estimate of drug-likeness (QED) is 0.728. The summed E-state index contributed by atoms with van der Waals surface area (Å²) in [6.07, 6.45) is 3.56. The average Bonchev–Trinajstić information content (AvgIpc) is 2.88. The molecule has 0 radical (unpaired) electrons. The predicted molar refractivity (Wildman–Crippen MR) is 77.6 cm³/mol. The van der Waals surface area contributed by atoms with Crippen LogP contribution in [0.2, 0.25) is 0 Å². The molecule has 2 atom stereocenters. The Kier molecular flexibility index (Phi) is 3.02. The predicted octanol–water partition coefficient (Wildman–Crippen LogP) is 3.35. The molecule has 2 aliphatic carbocycles. The summed E-state index contributed by atoms with van der Waals surface area (Å²) >= 11 is 3.46. The maximum Gasteiger partial charge on any atom is 0.168 e. The van der Waals surface area contributed by atoms with Gasteiger partial charge in [0.25, 0.3) is 0 Å². The fraction of sp³-hybridized carbons (Fsp3) is 0.562. The van der Waals surface area contributed by atoms with Crippen molar-refractivity contribution < 1.29 is 14.3 Å². The van der Waals surface area contributed by atoms with Crippen LogP contribution in [0.1, 0.15) is 35.2 Å². The highest BCUT2D eigenvalue weighted by atomic mass is 79.9. The van der Waals surface area contributed by atoms with E-state index in [0.29, 0.717) is 24.9 Å². The van der Waals surface area contributed by atoms with Gasteiger partial charge in [-0.1, -0.05) is 22.0 Å². The van der Waals surface area contributed by atoms with Gasteiger partial charge in [-0.3, -0.25) is 4.79 Å². The molecule has 106 valence electrons. The van der Waals surface area contributed by atoms with Crippen molar-refractivity contribution in [2.75, 3.05) is 13.2 Å². The number of hydrogen-bond acceptors (Lipinski definition) is 3. The molecular formula is C16H17BrO3. The Morgan fingerprint density at radius 3 is 2.85 bits per heavy atom. The SMILES string of the molecule is O=C1c2cc(Br)ccc2C[C@@H]2CC3(CC[C@@H]12)OCCO3. The Balaban J connectivity index is 1.66. The molecule has 20 heavy (non-hydrogen) atoms. The van der Waals surface area contributed by atoms with Crippen LogP contribution < -0.4 is 0 Å². The minimum absolute atomic E-state index is 0.148. The second-order valence-corrected chi connectivity index (χ2v) is 7.00. The smallest absolute Gasteiger partial charge is 0.168 e. The topological polar surface area (TPSA) is 35.5 Å². The van der Waals surface area contributed by atoms with Gasteiger partial charge in [0, 0.05) is 28.8 Å². The summed E-state index contributed by atoms with van der Waals surface area (Å²) in [7, 11) is 0. The van der Waals surface area contributed by atoms with E-state index >= 15 is 0 Å². The Morgan fingerprint density at radius 2 is 2.05 bits per heavy atom.